The second-order valence-electron chi connectivity index (χ2n) is 24.2. The van der Waals surface area contributed by atoms with Gasteiger partial charge >= 0.3 is 11.9 Å². The van der Waals surface area contributed by atoms with Crippen LogP contribution in [0.5, 0.6) is 0 Å². The zero-order valence-corrected chi connectivity index (χ0v) is 40.3. The van der Waals surface area contributed by atoms with Crippen molar-refractivity contribution < 1.29 is 24.2 Å². The smallest absolute Gasteiger partial charge is 0.339 e. The van der Waals surface area contributed by atoms with E-state index in [1.54, 1.807) is 0 Å². The highest BCUT2D eigenvalue weighted by Gasteiger charge is 2.93. The largest absolute Gasteiger partial charge is 0.509 e. The molecule has 0 aromatic heterocycles. The maximum absolute atomic E-state index is 16.2. The van der Waals surface area contributed by atoms with Gasteiger partial charge in [-0.05, 0) is 153 Å². The lowest BCUT2D eigenvalue weighted by Crippen LogP contribution is -2.77. The van der Waals surface area contributed by atoms with Crippen LogP contribution in [-0.4, -0.2) is 65.1 Å². The van der Waals surface area contributed by atoms with E-state index < -0.39 is 22.3 Å². The number of ether oxygens (including phenoxy) is 2. The van der Waals surface area contributed by atoms with Gasteiger partial charge in [-0.3, -0.25) is 9.69 Å². The topological polar surface area (TPSA) is 105 Å². The Morgan fingerprint density at radius 1 is 0.913 bits per heavy atom. The third-order valence-electron chi connectivity index (χ3n) is 20.7. The number of nitrogens with two attached hydrogens (primary N) is 1. The Morgan fingerprint density at radius 2 is 1.74 bits per heavy atom. The van der Waals surface area contributed by atoms with Crippen molar-refractivity contribution in [2.45, 2.75) is 121 Å². The molecule has 4 fully saturated rings. The molecule has 19 bridgehead atoms. The third kappa shape index (κ3) is 5.18. The summed E-state index contributed by atoms with van der Waals surface area (Å²) in [6, 6.07) is 23.6. The predicted octanol–water partition coefficient (Wildman–Crippen LogP) is 9.90. The highest BCUT2D eigenvalue weighted by atomic mass is 16.6. The molecule has 1 saturated carbocycles. The van der Waals surface area contributed by atoms with Gasteiger partial charge in [0.25, 0.3) is 0 Å². The lowest BCUT2D eigenvalue weighted by molar-refractivity contribution is -0.276. The maximum atomic E-state index is 16.2. The van der Waals surface area contributed by atoms with E-state index >= 15 is 9.59 Å². The summed E-state index contributed by atoms with van der Waals surface area (Å²) >= 11 is 0. The summed E-state index contributed by atoms with van der Waals surface area (Å²) < 4.78 is 14.2. The third-order valence-corrected chi connectivity index (χ3v) is 20.7. The zero-order chi connectivity index (χ0) is 46.3. The summed E-state index contributed by atoms with van der Waals surface area (Å²) in [6.45, 7) is 8.16. The van der Waals surface area contributed by atoms with Gasteiger partial charge in [-0.15, -0.1) is 0 Å². The fourth-order valence-electron chi connectivity index (χ4n) is 18.5. The number of rotatable bonds is 3. The summed E-state index contributed by atoms with van der Waals surface area (Å²) in [5.74, 6) is 0.734. The fourth-order valence-corrected chi connectivity index (χ4v) is 18.5. The molecule has 1 unspecified atom stereocenters. The van der Waals surface area contributed by atoms with Crippen molar-refractivity contribution in [1.29, 1.82) is 0 Å². The van der Waals surface area contributed by atoms with Crippen LogP contribution in [0.25, 0.3) is 0 Å². The van der Waals surface area contributed by atoms with Gasteiger partial charge in [-0.25, -0.2) is 4.79 Å². The number of aliphatic hydroxyl groups excluding tert-OH is 1. The number of esters is 2. The van der Waals surface area contributed by atoms with Crippen LogP contribution in [0.4, 0.5) is 0 Å². The molecule has 3 saturated heterocycles. The van der Waals surface area contributed by atoms with Crippen molar-refractivity contribution in [3.8, 4) is 0 Å². The number of nitrogens with zero attached hydrogens (tertiary/aromatic N) is 2. The van der Waals surface area contributed by atoms with Crippen LogP contribution in [0, 0.1) is 45.8 Å². The number of aryl methyl sites for hydroxylation is 2. The van der Waals surface area contributed by atoms with Crippen molar-refractivity contribution in [2.75, 3.05) is 26.2 Å². The number of fused-ring (bicyclic) bond motifs is 6. The molecule has 4 spiro atoms. The van der Waals surface area contributed by atoms with E-state index in [0.29, 0.717) is 55.4 Å². The molecule has 0 radical (unpaired) electrons. The summed E-state index contributed by atoms with van der Waals surface area (Å²) in [5, 5.41) is 13.2. The quantitative estimate of drug-likeness (QED) is 0.251. The van der Waals surface area contributed by atoms with Gasteiger partial charge in [0.2, 0.25) is 0 Å². The number of hydrogen-bond acceptors (Lipinski definition) is 8. The van der Waals surface area contributed by atoms with Gasteiger partial charge in [0.15, 0.2) is 11.4 Å². The maximum Gasteiger partial charge on any atom is 0.339 e. The Morgan fingerprint density at radius 3 is 2.59 bits per heavy atom. The van der Waals surface area contributed by atoms with E-state index in [4.69, 9.17) is 15.2 Å². The molecule has 3 aromatic rings. The molecule has 69 heavy (non-hydrogen) atoms. The number of carbonyl (C=O) groups excluding carboxylic acids is 2. The first kappa shape index (κ1) is 41.6. The zero-order valence-electron chi connectivity index (χ0n) is 40.3. The Kier molecular flexibility index (Phi) is 8.59. The van der Waals surface area contributed by atoms with E-state index in [1.807, 2.05) is 0 Å². The number of aliphatic hydroxyl groups is 1. The van der Waals surface area contributed by atoms with E-state index in [1.165, 1.54) is 56.7 Å². The Hall–Kier alpha value is -5.18. The van der Waals surface area contributed by atoms with Crippen LogP contribution in [0.2, 0.25) is 0 Å². The molecular formula is C61H65N3O5. The van der Waals surface area contributed by atoms with Crippen LogP contribution in [0.3, 0.4) is 0 Å². The molecule has 5 aliphatic carbocycles. The van der Waals surface area contributed by atoms with Crippen LogP contribution in [0.1, 0.15) is 121 Å². The molecule has 11 heterocycles. The lowest BCUT2D eigenvalue weighted by atomic mass is 9.29. The lowest BCUT2D eigenvalue weighted by Gasteiger charge is -2.71. The molecule has 19 rings (SSSR count). The minimum absolute atomic E-state index is 0.00434. The number of benzene rings is 3. The summed E-state index contributed by atoms with van der Waals surface area (Å²) in [5.41, 5.74) is 18.9. The molecule has 3 aromatic carbocycles. The SMILES string of the molecule is C[C@@H]1C/C(O)=C2\OC(=O)[C@@]34C5=C6CC[C@@]23[C@]2(OC(=O)c3c(CCCN)cccc32)[C@H]4CCCCc2cc3cc(c2)Cc2ccc(cc2)C[C@@]24C[C@@H](CN1C2)[C@H]1C=CC2=C([C@H]6[C@H](C(=C5)C3)[C@@H](C)C2)N1C4. The molecule has 11 aliphatic heterocycles. The van der Waals surface area contributed by atoms with Crippen molar-refractivity contribution in [1.82, 2.24) is 9.80 Å². The van der Waals surface area contributed by atoms with Crippen molar-refractivity contribution >= 4 is 11.9 Å². The summed E-state index contributed by atoms with van der Waals surface area (Å²) in [6.07, 6.45) is 19.0. The molecule has 0 amide bonds. The first-order chi connectivity index (χ1) is 33.6. The molecule has 354 valence electrons. The highest BCUT2D eigenvalue weighted by molar-refractivity contribution is 6.00. The summed E-state index contributed by atoms with van der Waals surface area (Å²) in [4.78, 5) is 36.8. The van der Waals surface area contributed by atoms with E-state index in [9.17, 15) is 5.11 Å². The van der Waals surface area contributed by atoms with Crippen LogP contribution >= 0.6 is 0 Å². The molecule has 8 heteroatoms. The highest BCUT2D eigenvalue weighted by Crippen LogP contribution is 2.87. The monoisotopic (exact) mass is 919 g/mol. The second kappa shape index (κ2) is 14.2. The minimum atomic E-state index is -1.20. The van der Waals surface area contributed by atoms with Gasteiger partial charge < -0.3 is 25.2 Å². The van der Waals surface area contributed by atoms with Crippen molar-refractivity contribution in [3.05, 3.63) is 163 Å². The minimum Gasteiger partial charge on any atom is -0.509 e. The Bertz CT molecular complexity index is 2990. The number of allylic oxidation sites excluding steroid dienone is 5. The van der Waals surface area contributed by atoms with Gasteiger partial charge in [0, 0.05) is 60.6 Å². The standard InChI is InChI=1S/C61H65N3O5/c1-34-21-42-16-17-48-44-30-58-29-37-14-12-36(13-15-37)23-39-24-38-7-3-4-11-50-60-47-28-43(27-40(25-38)26-39)51(34)53(54(42)64(48)33-58)45(47)18-19-59(60,55(68-57(60)67)49(65)22-35(2)63(31-44)32-58)61(50)46-10-5-8-41(9-6-20-62)52(46)56(66)69-61/h5,8,10,12-17,24-26,28,34-35,44,48,50-51,53,65H,3-4,6-7,9,11,18-23,27,29-33,62H2,1-2H3/b55-49+/t34-,35+,44-,48+,50-,51-,53+,58+,59+,60-,61+/m0/s1. The van der Waals surface area contributed by atoms with Crippen LogP contribution in [-0.2, 0) is 52.0 Å². The molecule has 3 N–H and O–H groups in total. The fraction of sp³-hybridized carbons (Fsp3) is 0.508. The average molecular weight is 920 g/mol. The van der Waals surface area contributed by atoms with Gasteiger partial charge in [-0.2, -0.15) is 0 Å². The van der Waals surface area contributed by atoms with Gasteiger partial charge in [-0.1, -0.05) is 103 Å². The van der Waals surface area contributed by atoms with Gasteiger partial charge in [0.05, 0.1) is 17.0 Å². The van der Waals surface area contributed by atoms with Crippen LogP contribution < -0.4 is 5.73 Å². The number of hydrogen-bond donors (Lipinski definition) is 2. The van der Waals surface area contributed by atoms with Crippen molar-refractivity contribution in [2.24, 2.45) is 51.6 Å². The first-order valence-electron chi connectivity index (χ1n) is 26.8. The van der Waals surface area contributed by atoms with E-state index in [2.05, 4.69) is 103 Å². The Labute approximate surface area is 406 Å². The Balaban J connectivity index is 1.06. The van der Waals surface area contributed by atoms with Gasteiger partial charge in [0.1, 0.15) is 11.2 Å². The number of piperidine rings is 2. The molecule has 12 atom stereocenters. The average Bonchev–Trinajstić information content (AvgIpc) is 3.79. The molecule has 16 aliphatic rings. The first-order valence-corrected chi connectivity index (χ1v) is 26.8. The number of carbonyl (C=O) groups is 2. The normalized spacial score (nSPS) is 40.3. The van der Waals surface area contributed by atoms with E-state index in [0.717, 1.165) is 94.1 Å². The second-order valence-corrected chi connectivity index (χ2v) is 24.2. The summed E-state index contributed by atoms with van der Waals surface area (Å²) in [7, 11) is 0. The van der Waals surface area contributed by atoms with E-state index in [-0.39, 0.29) is 47.0 Å². The molecule has 8 nitrogen and oxygen atoms in total. The van der Waals surface area contributed by atoms with Crippen molar-refractivity contribution in [3.63, 3.8) is 0 Å². The van der Waals surface area contributed by atoms with Crippen LogP contribution in [0.15, 0.2) is 118 Å². The predicted molar refractivity (Wildman–Crippen MR) is 264 cm³/mol. The molecular weight excluding hydrogens is 855 g/mol.